The summed E-state index contributed by atoms with van der Waals surface area (Å²) in [5.74, 6) is 0.471. The highest BCUT2D eigenvalue weighted by Crippen LogP contribution is 2.18. The summed E-state index contributed by atoms with van der Waals surface area (Å²) < 4.78 is 5.22. The largest absolute Gasteiger partial charge is 0.384 e. The van der Waals surface area contributed by atoms with E-state index < -0.39 is 5.54 Å². The van der Waals surface area contributed by atoms with Gasteiger partial charge in [-0.25, -0.2) is 0 Å². The van der Waals surface area contributed by atoms with E-state index in [9.17, 15) is 4.79 Å². The molecule has 118 valence electrons. The molecule has 5 nitrogen and oxygen atoms in total. The Morgan fingerprint density at radius 1 is 1.40 bits per heavy atom. The molecule has 0 spiro atoms. The van der Waals surface area contributed by atoms with Crippen molar-refractivity contribution >= 4 is 5.91 Å². The Morgan fingerprint density at radius 2 is 2.05 bits per heavy atom. The lowest BCUT2D eigenvalue weighted by molar-refractivity contribution is -0.123. The quantitative estimate of drug-likeness (QED) is 0.620. The van der Waals surface area contributed by atoms with Gasteiger partial charge in [-0.05, 0) is 71.6 Å². The summed E-state index contributed by atoms with van der Waals surface area (Å²) in [4.78, 5) is 13.9. The first kappa shape index (κ1) is 17.4. The Balaban J connectivity index is 2.15. The van der Waals surface area contributed by atoms with E-state index in [0.29, 0.717) is 0 Å². The van der Waals surface area contributed by atoms with Gasteiger partial charge in [0, 0.05) is 13.7 Å². The molecule has 1 unspecified atom stereocenters. The van der Waals surface area contributed by atoms with Crippen LogP contribution in [0.3, 0.4) is 0 Å². The van der Waals surface area contributed by atoms with Crippen molar-refractivity contribution in [1.82, 2.24) is 10.2 Å². The van der Waals surface area contributed by atoms with Crippen LogP contribution in [0.4, 0.5) is 0 Å². The number of amides is 1. The molecular weight excluding hydrogens is 254 g/mol. The zero-order chi connectivity index (χ0) is 15.0. The van der Waals surface area contributed by atoms with Gasteiger partial charge in [-0.3, -0.25) is 4.79 Å². The molecule has 20 heavy (non-hydrogen) atoms. The van der Waals surface area contributed by atoms with Crippen molar-refractivity contribution in [2.75, 3.05) is 40.4 Å². The van der Waals surface area contributed by atoms with E-state index in [2.05, 4.69) is 10.2 Å². The predicted molar refractivity (Wildman–Crippen MR) is 81.6 cm³/mol. The molecule has 1 amide bonds. The number of rotatable bonds is 9. The minimum atomic E-state index is -0.564. The van der Waals surface area contributed by atoms with E-state index in [4.69, 9.17) is 10.5 Å². The van der Waals surface area contributed by atoms with Crippen LogP contribution in [0.2, 0.25) is 0 Å². The topological polar surface area (TPSA) is 67.6 Å². The van der Waals surface area contributed by atoms with Gasteiger partial charge >= 0.3 is 0 Å². The Morgan fingerprint density at radius 3 is 2.55 bits per heavy atom. The molecule has 1 heterocycles. The number of likely N-dealkylation sites (tertiary alicyclic amines) is 1. The molecule has 3 N–H and O–H groups in total. The van der Waals surface area contributed by atoms with Crippen molar-refractivity contribution < 1.29 is 9.53 Å². The van der Waals surface area contributed by atoms with Crippen LogP contribution in [-0.2, 0) is 9.53 Å². The number of hydrogen-bond donors (Lipinski definition) is 2. The molecule has 1 aliphatic rings. The lowest BCUT2D eigenvalue weighted by Gasteiger charge is -2.32. The number of hydrogen-bond acceptors (Lipinski definition) is 4. The molecule has 0 aromatic heterocycles. The van der Waals surface area contributed by atoms with Crippen molar-refractivity contribution in [3.63, 3.8) is 0 Å². The van der Waals surface area contributed by atoms with Crippen LogP contribution in [0.15, 0.2) is 0 Å². The van der Waals surface area contributed by atoms with E-state index in [1.807, 2.05) is 6.92 Å². The highest BCUT2D eigenvalue weighted by Gasteiger charge is 2.28. The maximum absolute atomic E-state index is 11.4. The van der Waals surface area contributed by atoms with Gasteiger partial charge in [-0.2, -0.15) is 0 Å². The van der Waals surface area contributed by atoms with Crippen LogP contribution in [0, 0.1) is 5.92 Å². The van der Waals surface area contributed by atoms with E-state index in [0.717, 1.165) is 38.3 Å². The number of carbonyl (C=O) groups is 1. The summed E-state index contributed by atoms with van der Waals surface area (Å²) in [6, 6.07) is 0. The fourth-order valence-electron chi connectivity index (χ4n) is 2.80. The van der Waals surface area contributed by atoms with Gasteiger partial charge in [0.15, 0.2) is 0 Å². The number of ether oxygens (including phenoxy) is 1. The maximum atomic E-state index is 11.4. The summed E-state index contributed by atoms with van der Waals surface area (Å²) in [6.45, 7) is 6.25. The SMILES string of the molecule is CNC(C)(CCCCN1CCC(COC)CC1)C(N)=O. The predicted octanol–water partition coefficient (Wildman–Crippen LogP) is 0.979. The smallest absolute Gasteiger partial charge is 0.237 e. The monoisotopic (exact) mass is 285 g/mol. The normalized spacial score (nSPS) is 20.8. The third-order valence-corrected chi connectivity index (χ3v) is 4.61. The fraction of sp³-hybridized carbons (Fsp3) is 0.933. The summed E-state index contributed by atoms with van der Waals surface area (Å²) in [5.41, 5.74) is 4.86. The van der Waals surface area contributed by atoms with Gasteiger partial charge < -0.3 is 20.7 Å². The lowest BCUT2D eigenvalue weighted by atomic mass is 9.93. The molecule has 0 aromatic rings. The number of nitrogens with one attached hydrogen (secondary N) is 1. The minimum Gasteiger partial charge on any atom is -0.384 e. The van der Waals surface area contributed by atoms with E-state index in [1.165, 1.54) is 25.9 Å². The van der Waals surface area contributed by atoms with Crippen LogP contribution in [0.5, 0.6) is 0 Å². The molecule has 1 aliphatic heterocycles. The third kappa shape index (κ3) is 5.38. The zero-order valence-electron chi connectivity index (χ0n) is 13.3. The molecule has 0 bridgehead atoms. The van der Waals surface area contributed by atoms with Crippen LogP contribution in [0.1, 0.15) is 39.0 Å². The fourth-order valence-corrected chi connectivity index (χ4v) is 2.80. The second-order valence-electron chi connectivity index (χ2n) is 6.14. The lowest BCUT2D eigenvalue weighted by Crippen LogP contribution is -2.51. The standard InChI is InChI=1S/C15H31N3O2/c1-15(17-2,14(16)19)8-4-5-9-18-10-6-13(7-11-18)12-20-3/h13,17H,4-12H2,1-3H3,(H2,16,19). The number of methoxy groups -OCH3 is 1. The molecule has 1 fully saturated rings. The average molecular weight is 285 g/mol. The third-order valence-electron chi connectivity index (χ3n) is 4.61. The summed E-state index contributed by atoms with van der Waals surface area (Å²) in [7, 11) is 3.58. The van der Waals surface area contributed by atoms with Gasteiger partial charge in [0.2, 0.25) is 5.91 Å². The molecule has 0 aromatic carbocycles. The first-order valence-electron chi connectivity index (χ1n) is 7.72. The van der Waals surface area contributed by atoms with E-state index >= 15 is 0 Å². The number of nitrogens with zero attached hydrogens (tertiary/aromatic N) is 1. The van der Waals surface area contributed by atoms with Gasteiger partial charge in [0.25, 0.3) is 0 Å². The summed E-state index contributed by atoms with van der Waals surface area (Å²) in [6.07, 6.45) is 5.43. The van der Waals surface area contributed by atoms with Crippen molar-refractivity contribution in [3.05, 3.63) is 0 Å². The minimum absolute atomic E-state index is 0.264. The zero-order valence-corrected chi connectivity index (χ0v) is 13.3. The van der Waals surface area contributed by atoms with Gasteiger partial charge in [-0.15, -0.1) is 0 Å². The van der Waals surface area contributed by atoms with Gasteiger partial charge in [0.1, 0.15) is 0 Å². The summed E-state index contributed by atoms with van der Waals surface area (Å²) in [5, 5.41) is 3.03. The Kier molecular flexibility index (Phi) is 7.48. The van der Waals surface area contributed by atoms with E-state index in [-0.39, 0.29) is 5.91 Å². The number of likely N-dealkylation sites (N-methyl/N-ethyl adjacent to an activating group) is 1. The number of nitrogens with two attached hydrogens (primary N) is 1. The van der Waals surface area contributed by atoms with Crippen molar-refractivity contribution in [2.45, 2.75) is 44.6 Å². The number of piperidine rings is 1. The molecule has 1 atom stereocenters. The summed E-state index contributed by atoms with van der Waals surface area (Å²) >= 11 is 0. The molecular formula is C15H31N3O2. The molecule has 1 saturated heterocycles. The molecule has 0 aliphatic carbocycles. The van der Waals surface area contributed by atoms with Crippen molar-refractivity contribution in [3.8, 4) is 0 Å². The Hall–Kier alpha value is -0.650. The van der Waals surface area contributed by atoms with Gasteiger partial charge in [0.05, 0.1) is 5.54 Å². The second kappa shape index (κ2) is 8.60. The Bertz CT molecular complexity index is 291. The van der Waals surface area contributed by atoms with Gasteiger partial charge in [-0.1, -0.05) is 0 Å². The Labute approximate surface area is 123 Å². The van der Waals surface area contributed by atoms with Crippen LogP contribution in [-0.4, -0.2) is 56.7 Å². The number of primary amides is 1. The molecule has 5 heteroatoms. The molecule has 1 rings (SSSR count). The second-order valence-corrected chi connectivity index (χ2v) is 6.14. The van der Waals surface area contributed by atoms with Crippen molar-refractivity contribution in [1.29, 1.82) is 0 Å². The maximum Gasteiger partial charge on any atom is 0.237 e. The number of unbranched alkanes of at least 4 members (excludes halogenated alkanes) is 1. The highest BCUT2D eigenvalue weighted by atomic mass is 16.5. The first-order valence-corrected chi connectivity index (χ1v) is 7.72. The highest BCUT2D eigenvalue weighted by molar-refractivity contribution is 5.84. The number of carbonyl (C=O) groups excluding carboxylic acids is 1. The molecule has 0 radical (unpaired) electrons. The van der Waals surface area contributed by atoms with E-state index in [1.54, 1.807) is 14.2 Å². The first-order chi connectivity index (χ1) is 9.51. The van der Waals surface area contributed by atoms with Crippen molar-refractivity contribution in [2.24, 2.45) is 11.7 Å². The molecule has 0 saturated carbocycles. The van der Waals surface area contributed by atoms with Crippen LogP contribution in [0.25, 0.3) is 0 Å². The average Bonchev–Trinajstić information content (AvgIpc) is 2.45. The van der Waals surface area contributed by atoms with Crippen LogP contribution < -0.4 is 11.1 Å². The van der Waals surface area contributed by atoms with Crippen LogP contribution >= 0.6 is 0 Å².